The van der Waals surface area contributed by atoms with Gasteiger partial charge in [-0.15, -0.1) is 0 Å². The number of carbonyl (C=O) groups is 1. The number of piperidine rings is 1. The van der Waals surface area contributed by atoms with Gasteiger partial charge in [0.1, 0.15) is 35.0 Å². The molecule has 272 valence electrons. The highest BCUT2D eigenvalue weighted by Crippen LogP contribution is 2.38. The average Bonchev–Trinajstić information content (AvgIpc) is 3.09. The van der Waals surface area contributed by atoms with Crippen molar-refractivity contribution in [1.29, 1.82) is 16.2 Å². The number of nitrogens with one attached hydrogen (secondary N) is 6. The average molecular weight is 697 g/mol. The number of fused-ring (bicyclic) bond motifs is 1. The fourth-order valence-corrected chi connectivity index (χ4v) is 6.32. The highest BCUT2D eigenvalue weighted by Gasteiger charge is 2.30. The Bertz CT molecular complexity index is 1810. The van der Waals surface area contributed by atoms with E-state index >= 15 is 0 Å². The van der Waals surface area contributed by atoms with E-state index in [0.717, 1.165) is 36.9 Å². The highest BCUT2D eigenvalue weighted by molar-refractivity contribution is 5.97. The first-order valence-electron chi connectivity index (χ1n) is 17.7. The second-order valence-electron chi connectivity index (χ2n) is 14.4. The molecule has 0 spiro atoms. The Hall–Kier alpha value is -5.10. The lowest BCUT2D eigenvalue weighted by Gasteiger charge is -2.36. The summed E-state index contributed by atoms with van der Waals surface area (Å²) in [5.41, 5.74) is 2.67. The maximum Gasteiger partial charge on any atom is 0.320 e. The van der Waals surface area contributed by atoms with E-state index in [0.29, 0.717) is 41.6 Å². The number of likely N-dealkylation sites (tertiary alicyclic amines) is 1. The zero-order valence-electron chi connectivity index (χ0n) is 30.3. The predicted molar refractivity (Wildman–Crippen MR) is 199 cm³/mol. The number of aliphatic hydroxyl groups excluding tert-OH is 1. The molecule has 4 atom stereocenters. The molecule has 0 bridgehead atoms. The van der Waals surface area contributed by atoms with Crippen LogP contribution in [0.3, 0.4) is 0 Å². The fraction of sp³-hybridized carbons (Fsp3) is 0.436. The van der Waals surface area contributed by atoms with Gasteiger partial charge in [0.2, 0.25) is 5.96 Å². The minimum absolute atomic E-state index is 0.118. The standard InChI is InChI=1S/C39H52N8O4/c1-25-11-8-9-20-46(25)37(42)47-23-29(16-19-35(47)41)51-33-18-17-32(30-14-6-7-15-31(30)33)44-38(49)45-36(22-34(40)39(3,4)5)43-27-12-10-13-28(21-27)50-26(2)24-48/h6-7,10,12-16,19,21-23,25-26,32-33,40-43,48H,8-9,11,17-18,20,24H2,1-5H3,(H2,44,45,49)/b36-22+,40-34?,41-35?,42-37?/t25-,26-,32-,33+/m0/s1. The van der Waals surface area contributed by atoms with Crippen LogP contribution in [0.15, 0.2) is 78.8 Å². The van der Waals surface area contributed by atoms with Gasteiger partial charge in [-0.1, -0.05) is 51.1 Å². The number of nitrogens with zero attached hydrogens (tertiary/aromatic N) is 2. The van der Waals surface area contributed by atoms with Gasteiger partial charge >= 0.3 is 6.03 Å². The van der Waals surface area contributed by atoms with Crippen LogP contribution in [0.25, 0.3) is 0 Å². The summed E-state index contributed by atoms with van der Waals surface area (Å²) in [5.74, 6) is 1.76. The van der Waals surface area contributed by atoms with Gasteiger partial charge < -0.3 is 35.5 Å². The van der Waals surface area contributed by atoms with Crippen LogP contribution in [0, 0.1) is 21.6 Å². The van der Waals surface area contributed by atoms with E-state index in [1.165, 1.54) is 0 Å². The van der Waals surface area contributed by atoms with Gasteiger partial charge in [-0.2, -0.15) is 0 Å². The minimum atomic E-state index is -0.448. The number of aromatic nitrogens is 1. The first-order valence-corrected chi connectivity index (χ1v) is 17.7. The molecule has 2 heterocycles. The molecule has 51 heavy (non-hydrogen) atoms. The molecule has 0 radical (unpaired) electrons. The first-order chi connectivity index (χ1) is 24.3. The summed E-state index contributed by atoms with van der Waals surface area (Å²) in [4.78, 5) is 15.6. The van der Waals surface area contributed by atoms with E-state index < -0.39 is 11.4 Å². The molecular weight excluding hydrogens is 644 g/mol. The molecule has 12 heteroatoms. The maximum atomic E-state index is 13.6. The van der Waals surface area contributed by atoms with Crippen molar-refractivity contribution in [3.05, 3.63) is 95.4 Å². The number of urea groups is 1. The quantitative estimate of drug-likeness (QED) is 0.0923. The minimum Gasteiger partial charge on any atom is -0.488 e. The molecule has 2 aliphatic rings. The normalized spacial score (nSPS) is 19.7. The van der Waals surface area contributed by atoms with Crippen LogP contribution in [0.2, 0.25) is 0 Å². The number of aliphatic hydroxyl groups is 1. The third-order valence-corrected chi connectivity index (χ3v) is 9.30. The Balaban J connectivity index is 1.30. The topological polar surface area (TPSA) is 172 Å². The van der Waals surface area contributed by atoms with E-state index in [2.05, 4.69) is 27.8 Å². The summed E-state index contributed by atoms with van der Waals surface area (Å²) < 4.78 is 13.9. The van der Waals surface area contributed by atoms with Crippen LogP contribution >= 0.6 is 0 Å². The SMILES string of the molecule is C[C@@H](CO)Oc1cccc(N/C(=C\C(=N)C(C)(C)C)NC(=O)N[C@H]2CC[C@@H](Oc3ccc(=N)n(C(=N)N4CCCC[C@@H]4C)c3)c3ccccc32)c1. The van der Waals surface area contributed by atoms with Crippen LogP contribution in [0.1, 0.15) is 90.0 Å². The number of anilines is 1. The summed E-state index contributed by atoms with van der Waals surface area (Å²) in [7, 11) is 0. The van der Waals surface area contributed by atoms with E-state index in [9.17, 15) is 9.90 Å². The molecule has 2 aromatic carbocycles. The van der Waals surface area contributed by atoms with Crippen LogP contribution in [0.5, 0.6) is 11.5 Å². The zero-order chi connectivity index (χ0) is 36.7. The van der Waals surface area contributed by atoms with Crippen molar-refractivity contribution < 1.29 is 19.4 Å². The molecule has 0 unspecified atom stereocenters. The molecule has 1 saturated heterocycles. The van der Waals surface area contributed by atoms with Crippen LogP contribution in [-0.2, 0) is 0 Å². The van der Waals surface area contributed by atoms with Gasteiger partial charge in [0, 0.05) is 41.5 Å². The number of allylic oxidation sites excluding steroid dienone is 1. The number of hydrogen-bond donors (Lipinski definition) is 7. The lowest BCUT2D eigenvalue weighted by molar-refractivity contribution is 0.130. The second kappa shape index (κ2) is 16.3. The van der Waals surface area contributed by atoms with E-state index in [-0.39, 0.29) is 42.3 Å². The number of carbonyl (C=O) groups excluding carboxylic acids is 1. The van der Waals surface area contributed by atoms with Crippen LogP contribution in [0.4, 0.5) is 10.5 Å². The van der Waals surface area contributed by atoms with Crippen molar-refractivity contribution in [2.75, 3.05) is 18.5 Å². The summed E-state index contributed by atoms with van der Waals surface area (Å²) in [5, 5.41) is 44.7. The van der Waals surface area contributed by atoms with Gasteiger partial charge in [0.25, 0.3) is 0 Å². The molecule has 2 amide bonds. The Kier molecular flexibility index (Phi) is 11.9. The molecule has 1 aliphatic carbocycles. The number of pyridine rings is 1. The molecule has 1 fully saturated rings. The van der Waals surface area contributed by atoms with Gasteiger partial charge in [-0.25, -0.2) is 4.79 Å². The summed E-state index contributed by atoms with van der Waals surface area (Å²) >= 11 is 0. The number of ether oxygens (including phenoxy) is 2. The number of hydrogen-bond acceptors (Lipinski definition) is 8. The van der Waals surface area contributed by atoms with Gasteiger partial charge in [0.15, 0.2) is 0 Å². The zero-order valence-corrected chi connectivity index (χ0v) is 30.3. The molecule has 0 saturated carbocycles. The molecular formula is C39H52N8O4. The molecule has 12 nitrogen and oxygen atoms in total. The molecule has 1 aromatic heterocycles. The molecule has 3 aromatic rings. The smallest absolute Gasteiger partial charge is 0.320 e. The first kappa shape index (κ1) is 37.2. The summed E-state index contributed by atoms with van der Waals surface area (Å²) in [6.07, 6.45) is 7.17. The summed E-state index contributed by atoms with van der Waals surface area (Å²) in [6.45, 7) is 10.4. The lowest BCUT2D eigenvalue weighted by atomic mass is 9.85. The van der Waals surface area contributed by atoms with Gasteiger partial charge in [-0.3, -0.25) is 20.7 Å². The van der Waals surface area contributed by atoms with Crippen molar-refractivity contribution >= 4 is 23.4 Å². The van der Waals surface area contributed by atoms with Crippen molar-refractivity contribution in [3.8, 4) is 11.5 Å². The van der Waals surface area contributed by atoms with E-state index in [1.54, 1.807) is 48.0 Å². The Morgan fingerprint density at radius 3 is 2.51 bits per heavy atom. The van der Waals surface area contributed by atoms with Gasteiger partial charge in [-0.05, 0) is 81.3 Å². The highest BCUT2D eigenvalue weighted by atomic mass is 16.5. The van der Waals surface area contributed by atoms with Crippen molar-refractivity contribution in [2.45, 2.75) is 91.0 Å². The molecule has 7 N–H and O–H groups in total. The Morgan fingerprint density at radius 1 is 1.02 bits per heavy atom. The Morgan fingerprint density at radius 2 is 1.78 bits per heavy atom. The molecule has 1 aliphatic heterocycles. The lowest BCUT2D eigenvalue weighted by Crippen LogP contribution is -2.47. The van der Waals surface area contributed by atoms with Crippen molar-refractivity contribution in [2.24, 2.45) is 5.41 Å². The number of amides is 2. The predicted octanol–water partition coefficient (Wildman–Crippen LogP) is 6.66. The monoisotopic (exact) mass is 696 g/mol. The van der Waals surface area contributed by atoms with Crippen LogP contribution < -0.4 is 30.9 Å². The third kappa shape index (κ3) is 9.57. The third-order valence-electron chi connectivity index (χ3n) is 9.30. The Labute approximate surface area is 300 Å². The maximum absolute atomic E-state index is 13.6. The number of benzene rings is 2. The van der Waals surface area contributed by atoms with Crippen molar-refractivity contribution in [3.63, 3.8) is 0 Å². The fourth-order valence-electron chi connectivity index (χ4n) is 6.32. The van der Waals surface area contributed by atoms with Gasteiger partial charge in [0.05, 0.1) is 18.8 Å². The summed E-state index contributed by atoms with van der Waals surface area (Å²) in [6, 6.07) is 18.1. The molecule has 5 rings (SSSR count). The number of rotatable bonds is 10. The van der Waals surface area contributed by atoms with Crippen LogP contribution in [-0.4, -0.2) is 57.6 Å². The van der Waals surface area contributed by atoms with Crippen molar-refractivity contribution in [1.82, 2.24) is 20.1 Å². The second-order valence-corrected chi connectivity index (χ2v) is 14.4. The van der Waals surface area contributed by atoms with E-state index in [1.807, 2.05) is 57.2 Å². The largest absolute Gasteiger partial charge is 0.488 e. The van der Waals surface area contributed by atoms with E-state index in [4.69, 9.17) is 25.7 Å².